The lowest BCUT2D eigenvalue weighted by molar-refractivity contribution is 0.151. The van der Waals surface area contributed by atoms with Crippen LogP contribution in [0.1, 0.15) is 38.7 Å². The van der Waals surface area contributed by atoms with Gasteiger partial charge in [-0.15, -0.1) is 0 Å². The summed E-state index contributed by atoms with van der Waals surface area (Å²) in [6.45, 7) is 5.46. The van der Waals surface area contributed by atoms with Crippen LogP contribution in [-0.2, 0) is 6.42 Å². The molecule has 3 heteroatoms. The van der Waals surface area contributed by atoms with Gasteiger partial charge >= 0.3 is 0 Å². The highest BCUT2D eigenvalue weighted by Crippen LogP contribution is 2.39. The molecule has 1 aliphatic carbocycles. The van der Waals surface area contributed by atoms with Crippen molar-refractivity contribution in [1.29, 1.82) is 0 Å². The minimum absolute atomic E-state index is 0.636. The molecule has 3 unspecified atom stereocenters. The predicted octanol–water partition coefficient (Wildman–Crippen LogP) is 5.18. The molecule has 0 spiro atoms. The first-order valence-corrected chi connectivity index (χ1v) is 8.40. The zero-order chi connectivity index (χ0) is 14.7. The van der Waals surface area contributed by atoms with Crippen molar-refractivity contribution >= 4 is 23.2 Å². The molecule has 1 fully saturated rings. The van der Waals surface area contributed by atoms with Crippen LogP contribution in [0.5, 0.6) is 0 Å². The summed E-state index contributed by atoms with van der Waals surface area (Å²) >= 11 is 12.3. The number of hydrogen-bond donors (Lipinski definition) is 1. The minimum atomic E-state index is 0.636. The second kappa shape index (κ2) is 7.15. The van der Waals surface area contributed by atoms with Gasteiger partial charge in [0, 0.05) is 10.0 Å². The van der Waals surface area contributed by atoms with E-state index in [0.717, 1.165) is 29.8 Å². The van der Waals surface area contributed by atoms with Crippen molar-refractivity contribution in [3.63, 3.8) is 0 Å². The van der Waals surface area contributed by atoms with E-state index in [1.165, 1.54) is 24.8 Å². The van der Waals surface area contributed by atoms with E-state index in [1.807, 2.05) is 12.1 Å². The van der Waals surface area contributed by atoms with Crippen molar-refractivity contribution in [2.45, 2.75) is 39.5 Å². The average Bonchev–Trinajstić information content (AvgIpc) is 2.41. The molecule has 0 amide bonds. The van der Waals surface area contributed by atoms with Crippen molar-refractivity contribution in [2.75, 3.05) is 6.54 Å². The zero-order valence-electron chi connectivity index (χ0n) is 12.4. The van der Waals surface area contributed by atoms with E-state index in [2.05, 4.69) is 19.9 Å². The Balaban J connectivity index is 2.11. The fourth-order valence-electron chi connectivity index (χ4n) is 3.50. The molecular formula is C17H25Cl2N. The summed E-state index contributed by atoms with van der Waals surface area (Å²) < 4.78 is 0. The molecule has 0 saturated heterocycles. The lowest BCUT2D eigenvalue weighted by Gasteiger charge is -2.37. The van der Waals surface area contributed by atoms with E-state index in [4.69, 9.17) is 28.9 Å². The molecule has 2 N–H and O–H groups in total. The standard InChI is InChI=1S/C17H25Cl2N/c1-11(2)12-3-4-14(10-20)15(7-12)8-13-5-6-16(18)9-17(13)19/h5-6,9,11-12,14-15H,3-4,7-8,10,20H2,1-2H3. The Bertz CT molecular complexity index is 445. The summed E-state index contributed by atoms with van der Waals surface area (Å²) in [6.07, 6.45) is 4.89. The maximum Gasteiger partial charge on any atom is 0.0452 e. The SMILES string of the molecule is CC(C)C1CCC(CN)C(Cc2ccc(Cl)cc2Cl)C1. The van der Waals surface area contributed by atoms with Gasteiger partial charge in [0.2, 0.25) is 0 Å². The second-order valence-electron chi connectivity index (χ2n) is 6.51. The molecule has 0 bridgehead atoms. The van der Waals surface area contributed by atoms with Crippen molar-refractivity contribution in [2.24, 2.45) is 29.4 Å². The summed E-state index contributed by atoms with van der Waals surface area (Å²) in [7, 11) is 0. The van der Waals surface area contributed by atoms with Gasteiger partial charge in [-0.25, -0.2) is 0 Å². The third kappa shape index (κ3) is 3.90. The van der Waals surface area contributed by atoms with Crippen molar-refractivity contribution < 1.29 is 0 Å². The van der Waals surface area contributed by atoms with Crippen LogP contribution in [0.2, 0.25) is 10.0 Å². The summed E-state index contributed by atoms with van der Waals surface area (Å²) in [4.78, 5) is 0. The Kier molecular flexibility index (Phi) is 5.77. The predicted molar refractivity (Wildman–Crippen MR) is 88.4 cm³/mol. The van der Waals surface area contributed by atoms with E-state index >= 15 is 0 Å². The van der Waals surface area contributed by atoms with Crippen molar-refractivity contribution in [1.82, 2.24) is 0 Å². The second-order valence-corrected chi connectivity index (χ2v) is 7.36. The van der Waals surface area contributed by atoms with E-state index in [0.29, 0.717) is 16.9 Å². The zero-order valence-corrected chi connectivity index (χ0v) is 13.9. The van der Waals surface area contributed by atoms with Gasteiger partial charge in [0.05, 0.1) is 0 Å². The first-order chi connectivity index (χ1) is 9.51. The molecule has 20 heavy (non-hydrogen) atoms. The van der Waals surface area contributed by atoms with Gasteiger partial charge in [0.1, 0.15) is 0 Å². The van der Waals surface area contributed by atoms with Crippen LogP contribution in [0.4, 0.5) is 0 Å². The van der Waals surface area contributed by atoms with Gasteiger partial charge < -0.3 is 5.73 Å². The van der Waals surface area contributed by atoms with Crippen molar-refractivity contribution in [3.8, 4) is 0 Å². The smallest absolute Gasteiger partial charge is 0.0452 e. The summed E-state index contributed by atoms with van der Waals surface area (Å²) in [6, 6.07) is 5.85. The third-order valence-corrected chi connectivity index (χ3v) is 5.51. The Labute approximate surface area is 132 Å². The van der Waals surface area contributed by atoms with Crippen LogP contribution in [0.25, 0.3) is 0 Å². The summed E-state index contributed by atoms with van der Waals surface area (Å²) in [5, 5.41) is 1.50. The first kappa shape index (κ1) is 16.1. The lowest BCUT2D eigenvalue weighted by atomic mass is 9.69. The quantitative estimate of drug-likeness (QED) is 0.814. The molecule has 0 aliphatic heterocycles. The summed E-state index contributed by atoms with van der Waals surface area (Å²) in [5.74, 6) is 2.88. The van der Waals surface area contributed by atoms with Crippen LogP contribution in [-0.4, -0.2) is 6.54 Å². The molecular weight excluding hydrogens is 289 g/mol. The molecule has 1 nitrogen and oxygen atoms in total. The Morgan fingerprint density at radius 3 is 2.55 bits per heavy atom. The van der Waals surface area contributed by atoms with Gasteiger partial charge in [-0.2, -0.15) is 0 Å². The highest BCUT2D eigenvalue weighted by molar-refractivity contribution is 6.35. The van der Waals surface area contributed by atoms with Crippen LogP contribution < -0.4 is 5.73 Å². The van der Waals surface area contributed by atoms with E-state index in [9.17, 15) is 0 Å². The van der Waals surface area contributed by atoms with Crippen molar-refractivity contribution in [3.05, 3.63) is 33.8 Å². The fourth-order valence-corrected chi connectivity index (χ4v) is 3.98. The minimum Gasteiger partial charge on any atom is -0.330 e. The van der Waals surface area contributed by atoms with Crippen LogP contribution in [0.15, 0.2) is 18.2 Å². The number of rotatable bonds is 4. The van der Waals surface area contributed by atoms with Gasteiger partial charge in [-0.05, 0) is 73.6 Å². The maximum absolute atomic E-state index is 6.32. The van der Waals surface area contributed by atoms with Crippen LogP contribution in [0, 0.1) is 23.7 Å². The molecule has 2 rings (SSSR count). The molecule has 1 aromatic carbocycles. The highest BCUT2D eigenvalue weighted by Gasteiger charge is 2.31. The van der Waals surface area contributed by atoms with Crippen LogP contribution >= 0.6 is 23.2 Å². The average molecular weight is 314 g/mol. The number of halogens is 2. The number of nitrogens with two attached hydrogens (primary N) is 1. The van der Waals surface area contributed by atoms with E-state index in [1.54, 1.807) is 0 Å². The largest absolute Gasteiger partial charge is 0.330 e. The Morgan fingerprint density at radius 1 is 1.20 bits per heavy atom. The van der Waals surface area contributed by atoms with Crippen LogP contribution in [0.3, 0.4) is 0 Å². The van der Waals surface area contributed by atoms with Gasteiger partial charge in [0.25, 0.3) is 0 Å². The summed E-state index contributed by atoms with van der Waals surface area (Å²) in [5.41, 5.74) is 7.19. The number of benzene rings is 1. The molecule has 1 aliphatic rings. The monoisotopic (exact) mass is 313 g/mol. The molecule has 1 aromatic rings. The molecule has 112 valence electrons. The van der Waals surface area contributed by atoms with Gasteiger partial charge in [-0.3, -0.25) is 0 Å². The molecule has 0 radical (unpaired) electrons. The molecule has 3 atom stereocenters. The highest BCUT2D eigenvalue weighted by atomic mass is 35.5. The van der Waals surface area contributed by atoms with Gasteiger partial charge in [-0.1, -0.05) is 43.1 Å². The van der Waals surface area contributed by atoms with E-state index < -0.39 is 0 Å². The molecule has 0 aromatic heterocycles. The first-order valence-electron chi connectivity index (χ1n) is 7.65. The number of hydrogen-bond acceptors (Lipinski definition) is 1. The Morgan fingerprint density at radius 2 is 1.95 bits per heavy atom. The lowest BCUT2D eigenvalue weighted by Crippen LogP contribution is -2.33. The Hall–Kier alpha value is -0.240. The van der Waals surface area contributed by atoms with Gasteiger partial charge in [0.15, 0.2) is 0 Å². The maximum atomic E-state index is 6.32. The third-order valence-electron chi connectivity index (χ3n) is 4.92. The molecule has 0 heterocycles. The normalized spacial score (nSPS) is 27.0. The topological polar surface area (TPSA) is 26.0 Å². The van der Waals surface area contributed by atoms with E-state index in [-0.39, 0.29) is 0 Å². The fraction of sp³-hybridized carbons (Fsp3) is 0.647. The molecule has 1 saturated carbocycles.